The Hall–Kier alpha value is -2.91. The van der Waals surface area contributed by atoms with Crippen molar-refractivity contribution in [3.05, 3.63) is 53.6 Å². The number of benzene rings is 2. The van der Waals surface area contributed by atoms with Crippen LogP contribution in [0.4, 0.5) is 5.69 Å². The van der Waals surface area contributed by atoms with Crippen LogP contribution in [0.25, 0.3) is 0 Å². The second-order valence-corrected chi connectivity index (χ2v) is 10.1. The lowest BCUT2D eigenvalue weighted by Gasteiger charge is -2.22. The van der Waals surface area contributed by atoms with Gasteiger partial charge in [0.2, 0.25) is 21.8 Å². The summed E-state index contributed by atoms with van der Waals surface area (Å²) in [7, 11) is -3.94. The lowest BCUT2D eigenvalue weighted by Crippen LogP contribution is -2.49. The molecule has 3 N–H and O–H groups in total. The Morgan fingerprint density at radius 3 is 2.52 bits per heavy atom. The normalized spacial score (nSPS) is 14.7. The predicted molar refractivity (Wildman–Crippen MR) is 126 cm³/mol. The van der Waals surface area contributed by atoms with Crippen LogP contribution in [0.3, 0.4) is 0 Å². The van der Waals surface area contributed by atoms with Gasteiger partial charge in [0, 0.05) is 18.7 Å². The molecule has 2 amide bonds. The van der Waals surface area contributed by atoms with Gasteiger partial charge in [-0.25, -0.2) is 8.42 Å². The van der Waals surface area contributed by atoms with Crippen LogP contribution in [0.15, 0.2) is 47.4 Å². The Kier molecular flexibility index (Phi) is 8.10. The Morgan fingerprint density at radius 2 is 1.85 bits per heavy atom. The van der Waals surface area contributed by atoms with Gasteiger partial charge in [-0.1, -0.05) is 26.0 Å². The fraction of sp³-hybridized carbons (Fsp3) is 0.417. The molecule has 2 aromatic rings. The first-order valence-electron chi connectivity index (χ1n) is 11.1. The first kappa shape index (κ1) is 24.7. The smallest absolute Gasteiger partial charge is 0.241 e. The van der Waals surface area contributed by atoms with E-state index in [1.165, 1.54) is 6.07 Å². The molecule has 2 aromatic carbocycles. The largest absolute Gasteiger partial charge is 0.494 e. The third kappa shape index (κ3) is 6.55. The first-order chi connectivity index (χ1) is 15.7. The summed E-state index contributed by atoms with van der Waals surface area (Å²) in [4.78, 5) is 24.7. The number of aryl methyl sites for hydroxylation is 1. The summed E-state index contributed by atoms with van der Waals surface area (Å²) in [5.74, 6) is 0.0111. The monoisotopic (exact) mass is 473 g/mol. The Balaban J connectivity index is 1.69. The zero-order chi connectivity index (χ0) is 24.0. The van der Waals surface area contributed by atoms with Gasteiger partial charge in [0.25, 0.3) is 0 Å². The van der Waals surface area contributed by atoms with Crippen LogP contribution in [0.1, 0.15) is 44.7 Å². The molecular weight excluding hydrogens is 442 g/mol. The number of ether oxygens (including phenoxy) is 1. The number of anilines is 1. The van der Waals surface area contributed by atoms with E-state index in [2.05, 4.69) is 15.4 Å². The van der Waals surface area contributed by atoms with Gasteiger partial charge in [0.15, 0.2) is 0 Å². The number of sulfonamides is 1. The number of nitrogens with one attached hydrogen (secondary N) is 3. The van der Waals surface area contributed by atoms with Gasteiger partial charge in [-0.05, 0) is 67.1 Å². The molecule has 1 atom stereocenters. The summed E-state index contributed by atoms with van der Waals surface area (Å²) in [5.41, 5.74) is 2.28. The van der Waals surface area contributed by atoms with E-state index in [0.717, 1.165) is 16.9 Å². The molecule has 0 saturated heterocycles. The molecule has 33 heavy (non-hydrogen) atoms. The Labute approximate surface area is 195 Å². The molecule has 0 bridgehead atoms. The number of amides is 2. The van der Waals surface area contributed by atoms with Crippen molar-refractivity contribution in [3.63, 3.8) is 0 Å². The van der Waals surface area contributed by atoms with Gasteiger partial charge < -0.3 is 15.4 Å². The number of carbonyl (C=O) groups excluding carboxylic acids is 2. The quantitative estimate of drug-likeness (QED) is 0.518. The number of rotatable bonds is 9. The molecule has 1 heterocycles. The van der Waals surface area contributed by atoms with Gasteiger partial charge in [0.05, 0.1) is 11.5 Å². The SMILES string of the molecule is CCOc1ccc(CNC(=O)[C@@H](NS(=O)(=O)c2ccc3c(c2)CCCC(=O)N3)C(C)C)cc1. The number of hydrogen-bond donors (Lipinski definition) is 3. The summed E-state index contributed by atoms with van der Waals surface area (Å²) in [6.07, 6.45) is 1.66. The Bertz CT molecular complexity index is 1100. The van der Waals surface area contributed by atoms with E-state index in [0.29, 0.717) is 31.6 Å². The average molecular weight is 474 g/mol. The zero-order valence-corrected chi connectivity index (χ0v) is 20.0. The molecule has 1 aliphatic rings. The molecular formula is C24H31N3O5S. The molecule has 0 spiro atoms. The fourth-order valence-electron chi connectivity index (χ4n) is 3.61. The van der Waals surface area contributed by atoms with Gasteiger partial charge in [-0.15, -0.1) is 0 Å². The van der Waals surface area contributed by atoms with E-state index in [4.69, 9.17) is 4.74 Å². The van der Waals surface area contributed by atoms with Crippen LogP contribution in [0, 0.1) is 5.92 Å². The topological polar surface area (TPSA) is 114 Å². The second kappa shape index (κ2) is 10.8. The highest BCUT2D eigenvalue weighted by Gasteiger charge is 2.29. The van der Waals surface area contributed by atoms with Crippen LogP contribution < -0.4 is 20.1 Å². The third-order valence-electron chi connectivity index (χ3n) is 5.44. The van der Waals surface area contributed by atoms with Gasteiger partial charge in [-0.3, -0.25) is 9.59 Å². The number of hydrogen-bond acceptors (Lipinski definition) is 5. The standard InChI is InChI=1S/C24H31N3O5S/c1-4-32-19-10-8-17(9-11-19)15-25-24(29)23(16(2)3)27-33(30,31)20-12-13-21-18(14-20)6-5-7-22(28)26-21/h8-14,16,23,27H,4-7,15H2,1-3H3,(H,25,29)(H,26,28)/t23-/m0/s1. The molecule has 0 fully saturated rings. The van der Waals surface area contributed by atoms with Gasteiger partial charge in [-0.2, -0.15) is 4.72 Å². The molecule has 0 aromatic heterocycles. The number of fused-ring (bicyclic) bond motifs is 1. The highest BCUT2D eigenvalue weighted by molar-refractivity contribution is 7.89. The highest BCUT2D eigenvalue weighted by Crippen LogP contribution is 2.25. The average Bonchev–Trinajstić information content (AvgIpc) is 2.96. The molecule has 178 valence electrons. The van der Waals surface area contributed by atoms with Crippen molar-refractivity contribution in [2.24, 2.45) is 5.92 Å². The van der Waals surface area contributed by atoms with Crippen molar-refractivity contribution in [3.8, 4) is 5.75 Å². The zero-order valence-electron chi connectivity index (χ0n) is 19.2. The van der Waals surface area contributed by atoms with Crippen LogP contribution in [0.5, 0.6) is 5.75 Å². The molecule has 3 rings (SSSR count). The lowest BCUT2D eigenvalue weighted by molar-refractivity contribution is -0.123. The van der Waals surface area contributed by atoms with Crippen LogP contribution in [-0.4, -0.2) is 32.9 Å². The summed E-state index contributed by atoms with van der Waals surface area (Å²) < 4.78 is 34.1. The summed E-state index contributed by atoms with van der Waals surface area (Å²) >= 11 is 0. The molecule has 9 heteroatoms. The van der Waals surface area contributed by atoms with Gasteiger partial charge in [0.1, 0.15) is 11.8 Å². The van der Waals surface area contributed by atoms with Crippen molar-refractivity contribution >= 4 is 27.5 Å². The molecule has 0 aliphatic carbocycles. The van der Waals surface area contributed by atoms with Crippen molar-refractivity contribution in [1.29, 1.82) is 0 Å². The fourth-order valence-corrected chi connectivity index (χ4v) is 5.01. The first-order valence-corrected chi connectivity index (χ1v) is 12.6. The van der Waals surface area contributed by atoms with Gasteiger partial charge >= 0.3 is 0 Å². The molecule has 0 saturated carbocycles. The highest BCUT2D eigenvalue weighted by atomic mass is 32.2. The third-order valence-corrected chi connectivity index (χ3v) is 6.88. The maximum Gasteiger partial charge on any atom is 0.241 e. The van der Waals surface area contributed by atoms with Crippen molar-refractivity contribution in [2.75, 3.05) is 11.9 Å². The molecule has 8 nitrogen and oxygen atoms in total. The van der Waals surface area contributed by atoms with E-state index in [9.17, 15) is 18.0 Å². The van der Waals surface area contributed by atoms with E-state index in [1.54, 1.807) is 26.0 Å². The Morgan fingerprint density at radius 1 is 1.12 bits per heavy atom. The predicted octanol–water partition coefficient (Wildman–Crippen LogP) is 2.98. The molecule has 1 aliphatic heterocycles. The van der Waals surface area contributed by atoms with Crippen molar-refractivity contribution < 1.29 is 22.7 Å². The maximum absolute atomic E-state index is 13.1. The minimum atomic E-state index is -3.94. The minimum absolute atomic E-state index is 0.0716. The van der Waals surface area contributed by atoms with Crippen LogP contribution in [0.2, 0.25) is 0 Å². The van der Waals surface area contributed by atoms with E-state index >= 15 is 0 Å². The van der Waals surface area contributed by atoms with E-state index in [1.807, 2.05) is 31.2 Å². The van der Waals surface area contributed by atoms with Crippen molar-refractivity contribution in [2.45, 2.75) is 57.5 Å². The molecule has 0 radical (unpaired) electrons. The maximum atomic E-state index is 13.1. The second-order valence-electron chi connectivity index (χ2n) is 8.36. The minimum Gasteiger partial charge on any atom is -0.494 e. The van der Waals surface area contributed by atoms with E-state index < -0.39 is 22.0 Å². The van der Waals surface area contributed by atoms with Crippen LogP contribution in [-0.2, 0) is 32.6 Å². The van der Waals surface area contributed by atoms with Crippen LogP contribution >= 0.6 is 0 Å². The van der Waals surface area contributed by atoms with E-state index in [-0.39, 0.29) is 23.3 Å². The lowest BCUT2D eigenvalue weighted by atomic mass is 10.0. The summed E-state index contributed by atoms with van der Waals surface area (Å²) in [6, 6.07) is 11.0. The molecule has 0 unspecified atom stereocenters. The number of carbonyl (C=O) groups is 2. The van der Waals surface area contributed by atoms with Crippen molar-refractivity contribution in [1.82, 2.24) is 10.0 Å². The summed E-state index contributed by atoms with van der Waals surface area (Å²) in [6.45, 7) is 6.33. The summed E-state index contributed by atoms with van der Waals surface area (Å²) in [5, 5.41) is 5.61.